The van der Waals surface area contributed by atoms with E-state index in [-0.39, 0.29) is 23.9 Å². The Labute approximate surface area is 178 Å². The van der Waals surface area contributed by atoms with Gasteiger partial charge in [-0.2, -0.15) is 0 Å². The van der Waals surface area contributed by atoms with Crippen molar-refractivity contribution in [2.24, 2.45) is 17.6 Å². The van der Waals surface area contributed by atoms with E-state index in [1.807, 2.05) is 37.8 Å². The van der Waals surface area contributed by atoms with Gasteiger partial charge in [0.1, 0.15) is 11.4 Å². The summed E-state index contributed by atoms with van der Waals surface area (Å²) in [6.07, 6.45) is 3.00. The third kappa shape index (κ3) is 5.94. The maximum absolute atomic E-state index is 13.3. The van der Waals surface area contributed by atoms with Crippen LogP contribution in [-0.2, 0) is 16.0 Å². The van der Waals surface area contributed by atoms with Crippen molar-refractivity contribution in [3.05, 3.63) is 35.6 Å². The molecule has 0 spiro atoms. The summed E-state index contributed by atoms with van der Waals surface area (Å²) in [6, 6.07) is 6.33. The van der Waals surface area contributed by atoms with Crippen LogP contribution in [0.15, 0.2) is 24.3 Å². The highest BCUT2D eigenvalue weighted by Gasteiger charge is 2.38. The molecule has 6 nitrogen and oxygen atoms in total. The van der Waals surface area contributed by atoms with E-state index in [1.54, 1.807) is 4.90 Å². The molecule has 166 valence electrons. The minimum absolute atomic E-state index is 0.0274. The molecule has 30 heavy (non-hydrogen) atoms. The molecule has 2 heterocycles. The van der Waals surface area contributed by atoms with Crippen molar-refractivity contribution in [2.75, 3.05) is 26.2 Å². The lowest BCUT2D eigenvalue weighted by Gasteiger charge is -2.41. The molecule has 1 aromatic carbocycles. The smallest absolute Gasteiger partial charge is 0.410 e. The largest absolute Gasteiger partial charge is 0.444 e. The van der Waals surface area contributed by atoms with Gasteiger partial charge in [0.25, 0.3) is 0 Å². The van der Waals surface area contributed by atoms with E-state index in [0.717, 1.165) is 24.8 Å². The number of ether oxygens (including phenoxy) is 1. The van der Waals surface area contributed by atoms with Crippen molar-refractivity contribution in [3.63, 3.8) is 0 Å². The maximum Gasteiger partial charge on any atom is 0.410 e. The second kappa shape index (κ2) is 9.33. The maximum atomic E-state index is 13.3. The summed E-state index contributed by atoms with van der Waals surface area (Å²) in [5, 5.41) is 0. The van der Waals surface area contributed by atoms with Crippen molar-refractivity contribution in [2.45, 2.75) is 58.1 Å². The summed E-state index contributed by atoms with van der Waals surface area (Å²) in [7, 11) is 0. The van der Waals surface area contributed by atoms with Crippen molar-refractivity contribution in [3.8, 4) is 0 Å². The summed E-state index contributed by atoms with van der Waals surface area (Å²) in [5.74, 6) is -0.273. The topological polar surface area (TPSA) is 75.9 Å². The Morgan fingerprint density at radius 2 is 1.80 bits per heavy atom. The molecule has 7 heteroatoms. The number of hydrogen-bond donors (Lipinski definition) is 1. The lowest BCUT2D eigenvalue weighted by atomic mass is 9.88. The highest BCUT2D eigenvalue weighted by Crippen LogP contribution is 2.26. The highest BCUT2D eigenvalue weighted by molar-refractivity contribution is 5.81. The summed E-state index contributed by atoms with van der Waals surface area (Å²) in [4.78, 5) is 29.2. The van der Waals surface area contributed by atoms with Crippen LogP contribution in [0.25, 0.3) is 0 Å². The normalized spacial score (nSPS) is 25.2. The number of rotatable bonds is 3. The van der Waals surface area contributed by atoms with Crippen molar-refractivity contribution in [1.82, 2.24) is 9.80 Å². The van der Waals surface area contributed by atoms with Crippen LogP contribution >= 0.6 is 0 Å². The Morgan fingerprint density at radius 3 is 2.47 bits per heavy atom. The molecule has 2 aliphatic heterocycles. The van der Waals surface area contributed by atoms with Crippen LogP contribution in [0.5, 0.6) is 0 Å². The molecule has 2 amide bonds. The molecule has 2 N–H and O–H groups in total. The first-order valence-electron chi connectivity index (χ1n) is 10.9. The van der Waals surface area contributed by atoms with Gasteiger partial charge in [0, 0.05) is 32.2 Å². The van der Waals surface area contributed by atoms with Gasteiger partial charge in [-0.25, -0.2) is 9.18 Å². The zero-order valence-electron chi connectivity index (χ0n) is 18.3. The van der Waals surface area contributed by atoms with E-state index in [1.165, 1.54) is 12.1 Å². The molecule has 3 atom stereocenters. The molecule has 0 aliphatic carbocycles. The Hall–Kier alpha value is -2.15. The van der Waals surface area contributed by atoms with Crippen LogP contribution < -0.4 is 5.73 Å². The van der Waals surface area contributed by atoms with Gasteiger partial charge in [-0.15, -0.1) is 0 Å². The molecule has 1 aromatic rings. The first-order valence-corrected chi connectivity index (χ1v) is 10.9. The Kier molecular flexibility index (Phi) is 7.01. The van der Waals surface area contributed by atoms with Gasteiger partial charge in [-0.3, -0.25) is 4.79 Å². The van der Waals surface area contributed by atoms with Gasteiger partial charge < -0.3 is 20.3 Å². The number of nitrogens with zero attached hydrogens (tertiary/aromatic N) is 2. The van der Waals surface area contributed by atoms with Crippen molar-refractivity contribution >= 4 is 12.0 Å². The molecule has 2 aliphatic rings. The van der Waals surface area contributed by atoms with Gasteiger partial charge in [0.2, 0.25) is 5.91 Å². The predicted molar refractivity (Wildman–Crippen MR) is 113 cm³/mol. The molecule has 2 saturated heterocycles. The predicted octanol–water partition coefficient (Wildman–Crippen LogP) is 3.19. The molecule has 0 radical (unpaired) electrons. The standard InChI is InChI=1S/C23H34FN3O3/c1-23(2,3)30-22(29)27-12-10-20(25)19(15-27)21(28)26-11-4-5-17(14-26)13-16-6-8-18(24)9-7-16/h6-9,17,19-20H,4-5,10-15,25H2,1-3H3/t17?,19-,20+/m0/s1. The van der Waals surface area contributed by atoms with Crippen molar-refractivity contribution < 1.29 is 18.7 Å². The Morgan fingerprint density at radius 1 is 1.10 bits per heavy atom. The second-order valence-corrected chi connectivity index (χ2v) is 9.61. The van der Waals surface area contributed by atoms with E-state index >= 15 is 0 Å². The number of nitrogens with two attached hydrogens (primary N) is 1. The van der Waals surface area contributed by atoms with Crippen LogP contribution in [0.2, 0.25) is 0 Å². The SMILES string of the molecule is CC(C)(C)OC(=O)N1CC[C@@H](N)[C@@H](C(=O)N2CCCC(Cc3ccc(F)cc3)C2)C1. The summed E-state index contributed by atoms with van der Waals surface area (Å²) in [5.41, 5.74) is 6.80. The van der Waals surface area contributed by atoms with Gasteiger partial charge in [0.15, 0.2) is 0 Å². The average Bonchev–Trinajstić information content (AvgIpc) is 2.68. The number of hydrogen-bond acceptors (Lipinski definition) is 4. The van der Waals surface area contributed by atoms with E-state index in [4.69, 9.17) is 10.5 Å². The molecular weight excluding hydrogens is 385 g/mol. The van der Waals surface area contributed by atoms with E-state index < -0.39 is 11.5 Å². The van der Waals surface area contributed by atoms with Crippen LogP contribution in [0.1, 0.15) is 45.6 Å². The van der Waals surface area contributed by atoms with E-state index in [2.05, 4.69) is 0 Å². The highest BCUT2D eigenvalue weighted by atomic mass is 19.1. The van der Waals surface area contributed by atoms with E-state index in [0.29, 0.717) is 38.5 Å². The third-order valence-corrected chi connectivity index (χ3v) is 5.90. The second-order valence-electron chi connectivity index (χ2n) is 9.61. The zero-order valence-corrected chi connectivity index (χ0v) is 18.3. The molecule has 2 fully saturated rings. The number of carbonyl (C=O) groups excluding carboxylic acids is 2. The van der Waals surface area contributed by atoms with Crippen LogP contribution in [-0.4, -0.2) is 59.6 Å². The third-order valence-electron chi connectivity index (χ3n) is 5.90. The number of benzene rings is 1. The van der Waals surface area contributed by atoms with Crippen molar-refractivity contribution in [1.29, 1.82) is 0 Å². The quantitative estimate of drug-likeness (QED) is 0.816. The summed E-state index contributed by atoms with van der Waals surface area (Å²) >= 11 is 0. The Balaban J connectivity index is 1.60. The fraction of sp³-hybridized carbons (Fsp3) is 0.652. The lowest BCUT2D eigenvalue weighted by Crippen LogP contribution is -2.56. The molecule has 0 saturated carbocycles. The minimum atomic E-state index is -0.573. The number of carbonyl (C=O) groups is 2. The average molecular weight is 420 g/mol. The lowest BCUT2D eigenvalue weighted by molar-refractivity contribution is -0.139. The molecular formula is C23H34FN3O3. The van der Waals surface area contributed by atoms with Crippen LogP contribution in [0, 0.1) is 17.7 Å². The zero-order chi connectivity index (χ0) is 21.9. The number of piperidine rings is 2. The summed E-state index contributed by atoms with van der Waals surface area (Å²) in [6.45, 7) is 7.69. The first-order chi connectivity index (χ1) is 14.1. The molecule has 1 unspecified atom stereocenters. The van der Waals surface area contributed by atoms with Crippen LogP contribution in [0.4, 0.5) is 9.18 Å². The van der Waals surface area contributed by atoms with Gasteiger partial charge in [0.05, 0.1) is 5.92 Å². The number of amides is 2. The van der Waals surface area contributed by atoms with Crippen LogP contribution in [0.3, 0.4) is 0 Å². The summed E-state index contributed by atoms with van der Waals surface area (Å²) < 4.78 is 18.6. The molecule has 0 aromatic heterocycles. The fourth-order valence-corrected chi connectivity index (χ4v) is 4.34. The van der Waals surface area contributed by atoms with E-state index in [9.17, 15) is 14.0 Å². The molecule has 0 bridgehead atoms. The number of likely N-dealkylation sites (tertiary alicyclic amines) is 2. The number of halogens is 1. The molecule has 3 rings (SSSR count). The Bertz CT molecular complexity index is 747. The van der Waals surface area contributed by atoms with Gasteiger partial charge in [-0.1, -0.05) is 12.1 Å². The fourth-order valence-electron chi connectivity index (χ4n) is 4.34. The van der Waals surface area contributed by atoms with Gasteiger partial charge >= 0.3 is 6.09 Å². The first kappa shape index (κ1) is 22.5. The monoisotopic (exact) mass is 419 g/mol. The minimum Gasteiger partial charge on any atom is -0.444 e. The van der Waals surface area contributed by atoms with Gasteiger partial charge in [-0.05, 0) is 70.1 Å².